The van der Waals surface area contributed by atoms with Gasteiger partial charge >= 0.3 is 0 Å². The molecule has 0 aliphatic carbocycles. The van der Waals surface area contributed by atoms with Crippen molar-refractivity contribution in [2.24, 2.45) is 0 Å². The predicted molar refractivity (Wildman–Crippen MR) is 64.3 cm³/mol. The van der Waals surface area contributed by atoms with Crippen molar-refractivity contribution in [3.8, 4) is 0 Å². The summed E-state index contributed by atoms with van der Waals surface area (Å²) >= 11 is 11.7. The third-order valence-electron chi connectivity index (χ3n) is 2.82. The van der Waals surface area contributed by atoms with E-state index in [0.717, 1.165) is 26.0 Å². The Bertz CT molecular complexity index is 550. The van der Waals surface area contributed by atoms with Crippen LogP contribution >= 0.6 is 23.2 Å². The fourth-order valence-corrected chi connectivity index (χ4v) is 2.45. The van der Waals surface area contributed by atoms with Crippen molar-refractivity contribution in [1.82, 2.24) is 19.5 Å². The lowest BCUT2D eigenvalue weighted by Gasteiger charge is -2.10. The second-order valence-corrected chi connectivity index (χ2v) is 4.68. The Hall–Kier alpha value is -0.910. The minimum absolute atomic E-state index is 0.136. The van der Waals surface area contributed by atoms with Gasteiger partial charge in [-0.2, -0.15) is 4.98 Å². The van der Waals surface area contributed by atoms with Gasteiger partial charge in [-0.15, -0.1) is 0 Å². The summed E-state index contributed by atoms with van der Waals surface area (Å²) in [5, 5.41) is 0.419. The number of aromatic nitrogens is 4. The van der Waals surface area contributed by atoms with Crippen LogP contribution in [0.3, 0.4) is 0 Å². The lowest BCUT2D eigenvalue weighted by Crippen LogP contribution is -2.14. The minimum atomic E-state index is 0.136. The second kappa shape index (κ2) is 4.40. The zero-order valence-electron chi connectivity index (χ0n) is 8.94. The van der Waals surface area contributed by atoms with Gasteiger partial charge in [-0.3, -0.25) is 0 Å². The number of fused-ring (bicyclic) bond motifs is 1. The topological polar surface area (TPSA) is 52.8 Å². The molecule has 17 heavy (non-hydrogen) atoms. The zero-order chi connectivity index (χ0) is 11.8. The molecule has 3 heterocycles. The zero-order valence-corrected chi connectivity index (χ0v) is 10.4. The molecule has 3 rings (SSSR count). The average Bonchev–Trinajstić information content (AvgIpc) is 2.89. The van der Waals surface area contributed by atoms with Gasteiger partial charge in [0.1, 0.15) is 5.52 Å². The molecule has 0 radical (unpaired) electrons. The maximum Gasteiger partial charge on any atom is 0.225 e. The standard InChI is InChI=1S/C10H10Cl2N4O/c11-8-7-9(15-10(12)14-8)16(5-13-7)4-6-2-1-3-17-6/h5-6H,1-4H2/t6-/m1/s1. The van der Waals surface area contributed by atoms with Crippen LogP contribution in [0.15, 0.2) is 6.33 Å². The highest BCUT2D eigenvalue weighted by atomic mass is 35.5. The van der Waals surface area contributed by atoms with E-state index in [1.807, 2.05) is 4.57 Å². The van der Waals surface area contributed by atoms with Crippen molar-refractivity contribution >= 4 is 34.4 Å². The van der Waals surface area contributed by atoms with E-state index < -0.39 is 0 Å². The van der Waals surface area contributed by atoms with Gasteiger partial charge in [-0.05, 0) is 24.4 Å². The molecule has 5 nitrogen and oxygen atoms in total. The Labute approximate surface area is 108 Å². The van der Waals surface area contributed by atoms with Crippen molar-refractivity contribution in [1.29, 1.82) is 0 Å². The van der Waals surface area contributed by atoms with Crippen LogP contribution in [-0.2, 0) is 11.3 Å². The number of imidazole rings is 1. The largest absolute Gasteiger partial charge is 0.376 e. The Morgan fingerprint density at radius 1 is 1.41 bits per heavy atom. The SMILES string of the molecule is Clc1nc(Cl)c2ncn(C[C@H]3CCCO3)c2n1. The van der Waals surface area contributed by atoms with E-state index >= 15 is 0 Å². The predicted octanol–water partition coefficient (Wildman–Crippen LogP) is 2.31. The second-order valence-electron chi connectivity index (χ2n) is 3.99. The molecule has 0 spiro atoms. The first-order valence-electron chi connectivity index (χ1n) is 5.39. The van der Waals surface area contributed by atoms with Gasteiger partial charge in [0.15, 0.2) is 10.8 Å². The fraction of sp³-hybridized carbons (Fsp3) is 0.500. The van der Waals surface area contributed by atoms with E-state index in [2.05, 4.69) is 15.0 Å². The summed E-state index contributed by atoms with van der Waals surface area (Å²) in [5.74, 6) is 0. The van der Waals surface area contributed by atoms with Crippen LogP contribution in [0.4, 0.5) is 0 Å². The minimum Gasteiger partial charge on any atom is -0.376 e. The van der Waals surface area contributed by atoms with Gasteiger partial charge in [-0.25, -0.2) is 9.97 Å². The lowest BCUT2D eigenvalue weighted by molar-refractivity contribution is 0.0978. The summed E-state index contributed by atoms with van der Waals surface area (Å²) in [6, 6.07) is 0. The Morgan fingerprint density at radius 3 is 3.06 bits per heavy atom. The molecule has 1 saturated heterocycles. The number of nitrogens with zero attached hydrogens (tertiary/aromatic N) is 4. The van der Waals surface area contributed by atoms with Crippen LogP contribution in [0.2, 0.25) is 10.4 Å². The smallest absolute Gasteiger partial charge is 0.225 e. The first-order valence-corrected chi connectivity index (χ1v) is 6.15. The fourth-order valence-electron chi connectivity index (χ4n) is 2.03. The van der Waals surface area contributed by atoms with Gasteiger partial charge in [0, 0.05) is 6.61 Å². The summed E-state index contributed by atoms with van der Waals surface area (Å²) in [6.07, 6.45) is 4.09. The number of halogens is 2. The van der Waals surface area contributed by atoms with Crippen LogP contribution in [0.1, 0.15) is 12.8 Å². The molecular formula is C10H10Cl2N4O. The Kier molecular flexibility index (Phi) is 2.90. The van der Waals surface area contributed by atoms with E-state index in [4.69, 9.17) is 27.9 Å². The first kappa shape index (κ1) is 11.2. The summed E-state index contributed by atoms with van der Waals surface area (Å²) in [6.45, 7) is 1.55. The van der Waals surface area contributed by atoms with Crippen LogP contribution in [-0.4, -0.2) is 32.2 Å². The number of hydrogen-bond donors (Lipinski definition) is 0. The summed E-state index contributed by atoms with van der Waals surface area (Å²) in [7, 11) is 0. The van der Waals surface area contributed by atoms with Crippen molar-refractivity contribution < 1.29 is 4.74 Å². The van der Waals surface area contributed by atoms with Crippen molar-refractivity contribution in [3.63, 3.8) is 0 Å². The molecule has 1 aliphatic heterocycles. The molecule has 7 heteroatoms. The van der Waals surface area contributed by atoms with Crippen LogP contribution in [0, 0.1) is 0 Å². The lowest BCUT2D eigenvalue weighted by atomic mass is 10.2. The van der Waals surface area contributed by atoms with E-state index in [0.29, 0.717) is 11.2 Å². The van der Waals surface area contributed by atoms with Crippen LogP contribution in [0.5, 0.6) is 0 Å². The van der Waals surface area contributed by atoms with Crippen molar-refractivity contribution in [2.75, 3.05) is 6.61 Å². The van der Waals surface area contributed by atoms with Crippen molar-refractivity contribution in [3.05, 3.63) is 16.8 Å². The van der Waals surface area contributed by atoms with E-state index in [1.54, 1.807) is 6.33 Å². The highest BCUT2D eigenvalue weighted by Crippen LogP contribution is 2.22. The molecule has 0 amide bonds. The summed E-state index contributed by atoms with van der Waals surface area (Å²) < 4.78 is 7.49. The summed E-state index contributed by atoms with van der Waals surface area (Å²) in [5.41, 5.74) is 1.24. The van der Waals surface area contributed by atoms with E-state index in [-0.39, 0.29) is 16.5 Å². The van der Waals surface area contributed by atoms with Gasteiger partial charge in [0.2, 0.25) is 5.28 Å². The molecule has 0 N–H and O–H groups in total. The van der Waals surface area contributed by atoms with E-state index in [9.17, 15) is 0 Å². The molecule has 90 valence electrons. The van der Waals surface area contributed by atoms with Crippen LogP contribution < -0.4 is 0 Å². The first-order chi connectivity index (χ1) is 8.24. The number of hydrogen-bond acceptors (Lipinski definition) is 4. The Balaban J connectivity index is 1.99. The molecule has 0 saturated carbocycles. The van der Waals surface area contributed by atoms with E-state index in [1.165, 1.54) is 0 Å². The van der Waals surface area contributed by atoms with Gasteiger partial charge in [0.25, 0.3) is 0 Å². The van der Waals surface area contributed by atoms with Crippen LogP contribution in [0.25, 0.3) is 11.2 Å². The highest BCUT2D eigenvalue weighted by Gasteiger charge is 2.18. The quantitative estimate of drug-likeness (QED) is 0.622. The van der Waals surface area contributed by atoms with Gasteiger partial charge in [-0.1, -0.05) is 11.6 Å². The van der Waals surface area contributed by atoms with Gasteiger partial charge < -0.3 is 9.30 Å². The van der Waals surface area contributed by atoms with Gasteiger partial charge in [0.05, 0.1) is 19.0 Å². The monoisotopic (exact) mass is 272 g/mol. The third-order valence-corrected chi connectivity index (χ3v) is 3.25. The molecule has 0 aromatic carbocycles. The molecule has 1 aliphatic rings. The molecule has 1 atom stereocenters. The average molecular weight is 273 g/mol. The van der Waals surface area contributed by atoms with Crippen molar-refractivity contribution in [2.45, 2.75) is 25.5 Å². The maximum absolute atomic E-state index is 5.95. The molecule has 0 bridgehead atoms. The molecular weight excluding hydrogens is 263 g/mol. The highest BCUT2D eigenvalue weighted by molar-refractivity contribution is 6.35. The molecule has 0 unspecified atom stereocenters. The maximum atomic E-state index is 5.95. The number of ether oxygens (including phenoxy) is 1. The third kappa shape index (κ3) is 2.10. The summed E-state index contributed by atoms with van der Waals surface area (Å²) in [4.78, 5) is 12.2. The molecule has 2 aromatic heterocycles. The molecule has 1 fully saturated rings. The molecule has 2 aromatic rings. The number of rotatable bonds is 2. The Morgan fingerprint density at radius 2 is 2.29 bits per heavy atom. The normalized spacial score (nSPS) is 20.2.